The van der Waals surface area contributed by atoms with E-state index in [-0.39, 0.29) is 16.5 Å². The van der Waals surface area contributed by atoms with Crippen LogP contribution >= 0.6 is 27.3 Å². The van der Waals surface area contributed by atoms with Gasteiger partial charge in [-0.25, -0.2) is 9.59 Å². The van der Waals surface area contributed by atoms with Crippen LogP contribution in [0.1, 0.15) is 35.0 Å². The van der Waals surface area contributed by atoms with Crippen molar-refractivity contribution in [3.63, 3.8) is 0 Å². The third-order valence-corrected chi connectivity index (χ3v) is 6.50. The van der Waals surface area contributed by atoms with Crippen LogP contribution in [0.2, 0.25) is 0 Å². The zero-order valence-electron chi connectivity index (χ0n) is 15.0. The van der Waals surface area contributed by atoms with Crippen molar-refractivity contribution in [1.82, 2.24) is 4.90 Å². The molecular formula is C19H18BrNO6S. The van der Waals surface area contributed by atoms with Crippen molar-refractivity contribution in [1.29, 1.82) is 0 Å². The van der Waals surface area contributed by atoms with Crippen LogP contribution in [0.15, 0.2) is 28.7 Å². The molecule has 0 aliphatic heterocycles. The minimum Gasteiger partial charge on any atom is -0.479 e. The maximum atomic E-state index is 11.9. The predicted molar refractivity (Wildman–Crippen MR) is 107 cm³/mol. The SMILES string of the molecule is CC(=O)N(Cc1cccc(-c2sc(C(=O)O)c(OCC(=O)O)c2Br)c1)C1CC1. The number of carboxylic acid groups (broad SMARTS) is 2. The summed E-state index contributed by atoms with van der Waals surface area (Å²) in [6.07, 6.45) is 2.03. The molecule has 1 fully saturated rings. The van der Waals surface area contributed by atoms with Gasteiger partial charge in [0.25, 0.3) is 0 Å². The highest BCUT2D eigenvalue weighted by Crippen LogP contribution is 2.45. The molecule has 1 heterocycles. The fraction of sp³-hybridized carbons (Fsp3) is 0.316. The number of amides is 1. The maximum Gasteiger partial charge on any atom is 0.349 e. The van der Waals surface area contributed by atoms with Gasteiger partial charge in [0.15, 0.2) is 17.2 Å². The molecule has 28 heavy (non-hydrogen) atoms. The molecule has 1 aromatic heterocycles. The Morgan fingerprint density at radius 1 is 1.29 bits per heavy atom. The molecule has 0 atom stereocenters. The normalized spacial score (nSPS) is 13.2. The molecule has 148 valence electrons. The number of ether oxygens (including phenoxy) is 1. The number of carbonyl (C=O) groups is 3. The number of halogens is 1. The Balaban J connectivity index is 1.92. The highest BCUT2D eigenvalue weighted by Gasteiger charge is 2.31. The highest BCUT2D eigenvalue weighted by atomic mass is 79.9. The lowest BCUT2D eigenvalue weighted by Crippen LogP contribution is -2.30. The second-order valence-electron chi connectivity index (χ2n) is 6.47. The van der Waals surface area contributed by atoms with Crippen molar-refractivity contribution in [3.05, 3.63) is 39.2 Å². The minimum absolute atomic E-state index is 0.00338. The van der Waals surface area contributed by atoms with Gasteiger partial charge in [-0.2, -0.15) is 0 Å². The third-order valence-electron chi connectivity index (χ3n) is 4.28. The van der Waals surface area contributed by atoms with Crippen LogP contribution in [-0.4, -0.2) is 45.6 Å². The average Bonchev–Trinajstić information content (AvgIpc) is 3.41. The number of carboxylic acids is 2. The number of carbonyl (C=O) groups excluding carboxylic acids is 1. The quantitative estimate of drug-likeness (QED) is 0.610. The van der Waals surface area contributed by atoms with E-state index in [0.29, 0.717) is 21.9 Å². The first kappa shape index (κ1) is 20.3. The predicted octanol–water partition coefficient (Wildman–Crippen LogP) is 3.85. The van der Waals surface area contributed by atoms with E-state index in [1.807, 2.05) is 29.2 Å². The molecule has 0 saturated heterocycles. The van der Waals surface area contributed by atoms with Gasteiger partial charge >= 0.3 is 11.9 Å². The number of thiophene rings is 1. The Bertz CT molecular complexity index is 937. The number of aliphatic carboxylic acids is 1. The summed E-state index contributed by atoms with van der Waals surface area (Å²) in [4.78, 5) is 36.6. The molecule has 1 amide bonds. The average molecular weight is 468 g/mol. The lowest BCUT2D eigenvalue weighted by molar-refractivity contribution is -0.139. The Labute approximate surface area is 173 Å². The zero-order chi connectivity index (χ0) is 20.4. The van der Waals surface area contributed by atoms with Gasteiger partial charge in [-0.05, 0) is 46.0 Å². The van der Waals surface area contributed by atoms with Crippen LogP contribution in [0.25, 0.3) is 10.4 Å². The summed E-state index contributed by atoms with van der Waals surface area (Å²) in [5.74, 6) is -2.35. The van der Waals surface area contributed by atoms with Crippen molar-refractivity contribution in [2.75, 3.05) is 6.61 Å². The first-order valence-electron chi connectivity index (χ1n) is 8.54. The summed E-state index contributed by atoms with van der Waals surface area (Å²) in [5.41, 5.74) is 1.70. The van der Waals surface area contributed by atoms with Gasteiger partial charge in [-0.15, -0.1) is 11.3 Å². The monoisotopic (exact) mass is 467 g/mol. The summed E-state index contributed by atoms with van der Waals surface area (Å²) in [5, 5.41) is 18.3. The first-order valence-corrected chi connectivity index (χ1v) is 10.2. The van der Waals surface area contributed by atoms with Gasteiger partial charge in [0.2, 0.25) is 5.91 Å². The van der Waals surface area contributed by atoms with Gasteiger partial charge in [0, 0.05) is 19.5 Å². The van der Waals surface area contributed by atoms with E-state index < -0.39 is 18.5 Å². The number of hydrogen-bond acceptors (Lipinski definition) is 5. The van der Waals surface area contributed by atoms with Crippen molar-refractivity contribution in [3.8, 4) is 16.2 Å². The van der Waals surface area contributed by atoms with E-state index in [2.05, 4.69) is 15.9 Å². The molecule has 0 bridgehead atoms. The zero-order valence-corrected chi connectivity index (χ0v) is 17.4. The Hall–Kier alpha value is -2.39. The minimum atomic E-state index is -1.19. The fourth-order valence-electron chi connectivity index (χ4n) is 2.88. The summed E-state index contributed by atoms with van der Waals surface area (Å²) in [6, 6.07) is 7.80. The van der Waals surface area contributed by atoms with Crippen molar-refractivity contribution in [2.24, 2.45) is 0 Å². The van der Waals surface area contributed by atoms with Gasteiger partial charge in [0.1, 0.15) is 0 Å². The molecule has 2 aromatic rings. The number of benzene rings is 1. The highest BCUT2D eigenvalue weighted by molar-refractivity contribution is 9.10. The topological polar surface area (TPSA) is 104 Å². The molecule has 7 nitrogen and oxygen atoms in total. The van der Waals surface area contributed by atoms with Gasteiger partial charge in [0.05, 0.1) is 9.35 Å². The van der Waals surface area contributed by atoms with Crippen LogP contribution < -0.4 is 4.74 Å². The van der Waals surface area contributed by atoms with Crippen LogP contribution in [0.4, 0.5) is 0 Å². The van der Waals surface area contributed by atoms with Crippen LogP contribution in [-0.2, 0) is 16.1 Å². The number of rotatable bonds is 8. The first-order chi connectivity index (χ1) is 13.3. The maximum absolute atomic E-state index is 11.9. The van der Waals surface area contributed by atoms with E-state index in [1.54, 1.807) is 6.92 Å². The second kappa shape index (κ2) is 8.32. The van der Waals surface area contributed by atoms with Crippen LogP contribution in [0, 0.1) is 0 Å². The number of aromatic carboxylic acids is 1. The van der Waals surface area contributed by atoms with E-state index >= 15 is 0 Å². The Kier molecular flexibility index (Phi) is 6.04. The molecule has 0 unspecified atom stereocenters. The summed E-state index contributed by atoms with van der Waals surface area (Å²) >= 11 is 4.36. The van der Waals surface area contributed by atoms with Crippen molar-refractivity contribution < 1.29 is 29.3 Å². The molecule has 0 spiro atoms. The molecule has 0 radical (unpaired) electrons. The fourth-order valence-corrected chi connectivity index (χ4v) is 4.76. The van der Waals surface area contributed by atoms with E-state index in [9.17, 15) is 19.5 Å². The van der Waals surface area contributed by atoms with Crippen LogP contribution in [0.3, 0.4) is 0 Å². The molecule has 3 rings (SSSR count). The standard InChI is InChI=1S/C19H18BrNO6S/c1-10(22)21(13-5-6-13)8-11-3-2-4-12(7-11)17-15(20)16(27-9-14(23)24)18(28-17)19(25)26/h2-4,7,13H,5-6,8-9H2,1H3,(H,23,24)(H,25,26). The van der Waals surface area contributed by atoms with E-state index in [0.717, 1.165) is 35.3 Å². The van der Waals surface area contributed by atoms with Gasteiger partial charge < -0.3 is 19.8 Å². The summed E-state index contributed by atoms with van der Waals surface area (Å²) in [6.45, 7) is 1.41. The summed E-state index contributed by atoms with van der Waals surface area (Å²) < 4.78 is 5.59. The third kappa shape index (κ3) is 4.53. The number of nitrogens with zero attached hydrogens (tertiary/aromatic N) is 1. The molecule has 1 aliphatic carbocycles. The van der Waals surface area contributed by atoms with Gasteiger partial charge in [-0.3, -0.25) is 4.79 Å². The van der Waals surface area contributed by atoms with Gasteiger partial charge in [-0.1, -0.05) is 18.2 Å². The van der Waals surface area contributed by atoms with E-state index in [4.69, 9.17) is 9.84 Å². The second-order valence-corrected chi connectivity index (χ2v) is 8.28. The van der Waals surface area contributed by atoms with Crippen molar-refractivity contribution in [2.45, 2.75) is 32.4 Å². The molecule has 2 N–H and O–H groups in total. The number of hydrogen-bond donors (Lipinski definition) is 2. The molecular weight excluding hydrogens is 450 g/mol. The molecule has 1 saturated carbocycles. The summed E-state index contributed by atoms with van der Waals surface area (Å²) in [7, 11) is 0. The Morgan fingerprint density at radius 2 is 2.00 bits per heavy atom. The lowest BCUT2D eigenvalue weighted by Gasteiger charge is -2.21. The van der Waals surface area contributed by atoms with E-state index in [1.165, 1.54) is 0 Å². The smallest absolute Gasteiger partial charge is 0.349 e. The molecule has 1 aromatic carbocycles. The Morgan fingerprint density at radius 3 is 2.57 bits per heavy atom. The lowest BCUT2D eigenvalue weighted by atomic mass is 10.1. The van der Waals surface area contributed by atoms with Crippen molar-refractivity contribution >= 4 is 45.1 Å². The molecule has 9 heteroatoms. The molecule has 1 aliphatic rings. The van der Waals surface area contributed by atoms with Crippen LogP contribution in [0.5, 0.6) is 5.75 Å². The largest absolute Gasteiger partial charge is 0.479 e.